The summed E-state index contributed by atoms with van der Waals surface area (Å²) < 4.78 is 16.3. The number of hydrogen-bond donors (Lipinski definition) is 0. The third-order valence-electron chi connectivity index (χ3n) is 4.23. The molecule has 2 fully saturated rings. The number of ether oxygens (including phenoxy) is 3. The fraction of sp³-hybridized carbons (Fsp3) is 0.933. The number of ketones is 1. The van der Waals surface area contributed by atoms with Crippen LogP contribution in [0.2, 0.25) is 0 Å². The molecule has 110 valence electrons. The maximum atomic E-state index is 11.5. The topological polar surface area (TPSA) is 44.8 Å². The summed E-state index contributed by atoms with van der Waals surface area (Å²) in [4.78, 5) is 11.5. The maximum Gasteiger partial charge on any atom is 0.166 e. The summed E-state index contributed by atoms with van der Waals surface area (Å²) in [5.74, 6) is 1.65. The van der Waals surface area contributed by atoms with Crippen LogP contribution < -0.4 is 0 Å². The Hall–Kier alpha value is -0.450. The van der Waals surface area contributed by atoms with Crippen LogP contribution >= 0.6 is 0 Å². The first-order chi connectivity index (χ1) is 9.20. The van der Waals surface area contributed by atoms with Gasteiger partial charge in [0, 0.05) is 20.1 Å². The van der Waals surface area contributed by atoms with Crippen molar-refractivity contribution in [2.75, 3.05) is 26.9 Å². The van der Waals surface area contributed by atoms with Crippen molar-refractivity contribution in [1.82, 2.24) is 0 Å². The second kappa shape index (κ2) is 7.36. The number of carbonyl (C=O) groups is 1. The van der Waals surface area contributed by atoms with Crippen LogP contribution in [0.1, 0.15) is 39.0 Å². The van der Waals surface area contributed by atoms with Gasteiger partial charge in [-0.05, 0) is 24.7 Å². The van der Waals surface area contributed by atoms with Crippen LogP contribution in [0, 0.1) is 11.8 Å². The fourth-order valence-electron chi connectivity index (χ4n) is 3.04. The van der Waals surface area contributed by atoms with Gasteiger partial charge in [0.25, 0.3) is 0 Å². The zero-order valence-electron chi connectivity index (χ0n) is 12.1. The minimum atomic E-state index is -0.351. The van der Waals surface area contributed by atoms with Gasteiger partial charge in [0.15, 0.2) is 5.78 Å². The summed E-state index contributed by atoms with van der Waals surface area (Å²) in [6.45, 7) is 4.09. The number of rotatable bonds is 7. The third-order valence-corrected chi connectivity index (χ3v) is 4.23. The van der Waals surface area contributed by atoms with Gasteiger partial charge in [-0.3, -0.25) is 4.79 Å². The molecule has 2 saturated carbocycles. The van der Waals surface area contributed by atoms with Crippen LogP contribution in [0.5, 0.6) is 0 Å². The Balaban J connectivity index is 1.66. The predicted molar refractivity (Wildman–Crippen MR) is 72.1 cm³/mol. The SMILES string of the molecule is COCCOC1C(=O)CC1OCC1CCCC(C)C1. The van der Waals surface area contributed by atoms with E-state index in [4.69, 9.17) is 14.2 Å². The standard InChI is InChI=1S/C15H26O4/c1-11-4-3-5-12(8-11)10-19-14-9-13(16)15(14)18-7-6-17-2/h11-12,14-15H,3-10H2,1-2H3. The molecule has 2 rings (SSSR count). The molecule has 0 aliphatic heterocycles. The van der Waals surface area contributed by atoms with Gasteiger partial charge in [-0.1, -0.05) is 19.8 Å². The molecule has 4 heteroatoms. The van der Waals surface area contributed by atoms with E-state index in [0.717, 1.165) is 12.5 Å². The highest BCUT2D eigenvalue weighted by Crippen LogP contribution is 2.30. The van der Waals surface area contributed by atoms with Crippen molar-refractivity contribution in [3.63, 3.8) is 0 Å². The van der Waals surface area contributed by atoms with E-state index in [1.54, 1.807) is 7.11 Å². The molecular formula is C15H26O4. The van der Waals surface area contributed by atoms with E-state index in [9.17, 15) is 4.79 Å². The first-order valence-corrected chi connectivity index (χ1v) is 7.45. The van der Waals surface area contributed by atoms with E-state index in [1.807, 2.05) is 0 Å². The molecule has 4 nitrogen and oxygen atoms in total. The predicted octanol–water partition coefficient (Wildman–Crippen LogP) is 2.20. The van der Waals surface area contributed by atoms with Crippen LogP contribution in [0.4, 0.5) is 0 Å². The molecule has 4 unspecified atom stereocenters. The van der Waals surface area contributed by atoms with E-state index >= 15 is 0 Å². The molecule has 0 spiro atoms. The molecule has 0 heterocycles. The lowest BCUT2D eigenvalue weighted by molar-refractivity contribution is -0.169. The van der Waals surface area contributed by atoms with Crippen molar-refractivity contribution in [3.8, 4) is 0 Å². The lowest BCUT2D eigenvalue weighted by Crippen LogP contribution is -2.51. The highest BCUT2D eigenvalue weighted by Gasteiger charge is 2.41. The fourth-order valence-corrected chi connectivity index (χ4v) is 3.04. The molecule has 0 saturated heterocycles. The number of hydrogen-bond acceptors (Lipinski definition) is 4. The molecular weight excluding hydrogens is 244 g/mol. The van der Waals surface area contributed by atoms with Gasteiger partial charge in [-0.25, -0.2) is 0 Å². The van der Waals surface area contributed by atoms with Gasteiger partial charge >= 0.3 is 0 Å². The van der Waals surface area contributed by atoms with E-state index in [1.165, 1.54) is 25.7 Å². The Morgan fingerprint density at radius 1 is 1.21 bits per heavy atom. The normalized spacial score (nSPS) is 35.2. The van der Waals surface area contributed by atoms with Crippen molar-refractivity contribution >= 4 is 5.78 Å². The molecule has 0 amide bonds. The highest BCUT2D eigenvalue weighted by atomic mass is 16.6. The van der Waals surface area contributed by atoms with Crippen LogP contribution in [0.25, 0.3) is 0 Å². The van der Waals surface area contributed by atoms with Gasteiger partial charge in [-0.15, -0.1) is 0 Å². The van der Waals surface area contributed by atoms with Crippen molar-refractivity contribution in [3.05, 3.63) is 0 Å². The minimum absolute atomic E-state index is 0.0263. The van der Waals surface area contributed by atoms with Gasteiger partial charge in [0.1, 0.15) is 6.10 Å². The Bertz CT molecular complexity index is 292. The van der Waals surface area contributed by atoms with Crippen LogP contribution in [-0.2, 0) is 19.0 Å². The lowest BCUT2D eigenvalue weighted by Gasteiger charge is -2.36. The average Bonchev–Trinajstić information content (AvgIpc) is 2.39. The Kier molecular flexibility index (Phi) is 5.79. The molecule has 0 N–H and O–H groups in total. The molecule has 0 aromatic rings. The zero-order valence-corrected chi connectivity index (χ0v) is 12.1. The molecule has 0 radical (unpaired) electrons. The molecule has 0 aromatic heterocycles. The van der Waals surface area contributed by atoms with E-state index in [-0.39, 0.29) is 18.0 Å². The monoisotopic (exact) mass is 270 g/mol. The quantitative estimate of drug-likeness (QED) is 0.665. The van der Waals surface area contributed by atoms with Crippen LogP contribution in [-0.4, -0.2) is 44.9 Å². The summed E-state index contributed by atoms with van der Waals surface area (Å²) in [6.07, 6.45) is 5.32. The van der Waals surface area contributed by atoms with E-state index < -0.39 is 0 Å². The minimum Gasteiger partial charge on any atom is -0.382 e. The zero-order chi connectivity index (χ0) is 13.7. The molecule has 0 aromatic carbocycles. The smallest absolute Gasteiger partial charge is 0.166 e. The summed E-state index contributed by atoms with van der Waals surface area (Å²) in [6, 6.07) is 0. The number of methoxy groups -OCH3 is 1. The van der Waals surface area contributed by atoms with E-state index in [2.05, 4.69) is 6.92 Å². The lowest BCUT2D eigenvalue weighted by atomic mass is 9.82. The third kappa shape index (κ3) is 4.26. The van der Waals surface area contributed by atoms with Gasteiger partial charge in [0.05, 0.1) is 19.3 Å². The Morgan fingerprint density at radius 2 is 2.05 bits per heavy atom. The van der Waals surface area contributed by atoms with Gasteiger partial charge in [-0.2, -0.15) is 0 Å². The highest BCUT2D eigenvalue weighted by molar-refractivity contribution is 5.90. The average molecular weight is 270 g/mol. The molecule has 0 bridgehead atoms. The maximum absolute atomic E-state index is 11.5. The van der Waals surface area contributed by atoms with E-state index in [0.29, 0.717) is 25.6 Å². The summed E-state index contributed by atoms with van der Waals surface area (Å²) in [7, 11) is 1.63. The first kappa shape index (κ1) is 14.9. The number of carbonyl (C=O) groups excluding carboxylic acids is 1. The van der Waals surface area contributed by atoms with Crippen LogP contribution in [0.3, 0.4) is 0 Å². The summed E-state index contributed by atoms with van der Waals surface area (Å²) in [5, 5.41) is 0. The van der Waals surface area contributed by atoms with Crippen molar-refractivity contribution in [2.45, 2.75) is 51.2 Å². The molecule has 2 aliphatic carbocycles. The second-order valence-corrected chi connectivity index (χ2v) is 5.96. The summed E-state index contributed by atoms with van der Waals surface area (Å²) in [5.41, 5.74) is 0. The first-order valence-electron chi connectivity index (χ1n) is 7.45. The van der Waals surface area contributed by atoms with Crippen molar-refractivity contribution < 1.29 is 19.0 Å². The number of Topliss-reactive ketones (excluding diaryl/α,β-unsaturated/α-hetero) is 1. The molecule has 19 heavy (non-hydrogen) atoms. The second-order valence-electron chi connectivity index (χ2n) is 5.96. The van der Waals surface area contributed by atoms with Crippen molar-refractivity contribution in [1.29, 1.82) is 0 Å². The molecule has 4 atom stereocenters. The van der Waals surface area contributed by atoms with Gasteiger partial charge in [0.2, 0.25) is 0 Å². The Morgan fingerprint density at radius 3 is 2.74 bits per heavy atom. The Labute approximate surface area is 115 Å². The molecule has 2 aliphatic rings. The van der Waals surface area contributed by atoms with Crippen molar-refractivity contribution in [2.24, 2.45) is 11.8 Å². The largest absolute Gasteiger partial charge is 0.382 e. The summed E-state index contributed by atoms with van der Waals surface area (Å²) >= 11 is 0. The van der Waals surface area contributed by atoms with Crippen LogP contribution in [0.15, 0.2) is 0 Å². The van der Waals surface area contributed by atoms with Gasteiger partial charge < -0.3 is 14.2 Å².